The molecule has 0 aliphatic rings. The highest BCUT2D eigenvalue weighted by molar-refractivity contribution is 7.99. The van der Waals surface area contributed by atoms with Gasteiger partial charge in [-0.05, 0) is 55.8 Å². The molecular weight excluding hydrogens is 430 g/mol. The van der Waals surface area contributed by atoms with E-state index in [4.69, 9.17) is 13.9 Å². The number of hydrogen-bond donors (Lipinski definition) is 1. The maximum Gasteiger partial charge on any atom is 0.250 e. The van der Waals surface area contributed by atoms with Crippen molar-refractivity contribution in [2.75, 3.05) is 20.0 Å². The molecule has 3 aromatic rings. The minimum Gasteiger partial charge on any atom is -0.493 e. The standard InChI is InChI=1S/C22H25N5O4S/c1-5-27-21(16-8-9-18(29-3)19(12-16)30-4)25-26-22(27)32-14-20(28)24-23-13-15(2)11-17-7-6-10-31-17/h6-13H,5,14H2,1-4H3,(H,24,28)/b15-11+,23-13+. The van der Waals surface area contributed by atoms with Crippen LogP contribution in [0.15, 0.2) is 56.8 Å². The predicted molar refractivity (Wildman–Crippen MR) is 124 cm³/mol. The number of carbonyl (C=O) groups is 1. The molecule has 0 atom stereocenters. The van der Waals surface area contributed by atoms with E-state index in [2.05, 4.69) is 20.7 Å². The van der Waals surface area contributed by atoms with Crippen molar-refractivity contribution in [3.05, 3.63) is 47.9 Å². The number of nitrogens with one attached hydrogen (secondary N) is 1. The average Bonchev–Trinajstić information content (AvgIpc) is 3.46. The fourth-order valence-corrected chi connectivity index (χ4v) is 3.67. The van der Waals surface area contributed by atoms with Gasteiger partial charge in [0, 0.05) is 12.1 Å². The van der Waals surface area contributed by atoms with Gasteiger partial charge in [0.15, 0.2) is 22.5 Å². The first kappa shape index (κ1) is 23.1. The number of carbonyl (C=O) groups excluding carboxylic acids is 1. The van der Waals surface area contributed by atoms with Gasteiger partial charge in [-0.1, -0.05) is 11.8 Å². The average molecular weight is 456 g/mol. The first-order chi connectivity index (χ1) is 15.5. The van der Waals surface area contributed by atoms with Crippen molar-refractivity contribution in [3.8, 4) is 22.9 Å². The molecule has 0 unspecified atom stereocenters. The summed E-state index contributed by atoms with van der Waals surface area (Å²) in [7, 11) is 3.18. The minimum atomic E-state index is -0.240. The van der Waals surface area contributed by atoms with Crippen LogP contribution in [0.25, 0.3) is 17.5 Å². The third-order valence-electron chi connectivity index (χ3n) is 4.38. The lowest BCUT2D eigenvalue weighted by Crippen LogP contribution is -2.20. The summed E-state index contributed by atoms with van der Waals surface area (Å²) in [5.41, 5.74) is 4.21. The zero-order valence-electron chi connectivity index (χ0n) is 18.4. The van der Waals surface area contributed by atoms with Crippen LogP contribution in [0, 0.1) is 0 Å². The van der Waals surface area contributed by atoms with Gasteiger partial charge in [-0.2, -0.15) is 5.10 Å². The Balaban J connectivity index is 1.62. The number of nitrogens with zero attached hydrogens (tertiary/aromatic N) is 4. The van der Waals surface area contributed by atoms with Crippen LogP contribution in [0.1, 0.15) is 19.6 Å². The summed E-state index contributed by atoms with van der Waals surface area (Å²) in [6.07, 6.45) is 4.99. The number of furan rings is 1. The number of amides is 1. The third kappa shape index (κ3) is 5.79. The van der Waals surface area contributed by atoms with E-state index < -0.39 is 0 Å². The van der Waals surface area contributed by atoms with Gasteiger partial charge < -0.3 is 18.5 Å². The van der Waals surface area contributed by atoms with Gasteiger partial charge in [-0.25, -0.2) is 5.43 Å². The van der Waals surface area contributed by atoms with E-state index in [1.54, 1.807) is 32.8 Å². The van der Waals surface area contributed by atoms with Crippen LogP contribution < -0.4 is 14.9 Å². The zero-order valence-corrected chi connectivity index (χ0v) is 19.2. The summed E-state index contributed by atoms with van der Waals surface area (Å²) in [5, 5.41) is 13.2. The number of hydrazone groups is 1. The number of aromatic nitrogens is 3. The quantitative estimate of drug-likeness (QED) is 0.281. The summed E-state index contributed by atoms with van der Waals surface area (Å²) >= 11 is 1.29. The second-order valence-corrected chi connectivity index (χ2v) is 7.55. The third-order valence-corrected chi connectivity index (χ3v) is 5.34. The Labute approximate surface area is 190 Å². The molecule has 0 radical (unpaired) electrons. The van der Waals surface area contributed by atoms with Crippen molar-refractivity contribution >= 4 is 30.0 Å². The molecule has 0 saturated heterocycles. The number of benzene rings is 1. The van der Waals surface area contributed by atoms with E-state index in [0.717, 1.165) is 16.9 Å². The lowest BCUT2D eigenvalue weighted by atomic mass is 10.2. The molecule has 1 aromatic carbocycles. The van der Waals surface area contributed by atoms with E-state index in [-0.39, 0.29) is 11.7 Å². The van der Waals surface area contributed by atoms with Gasteiger partial charge in [0.05, 0.1) is 32.5 Å². The Hall–Kier alpha value is -3.53. The molecule has 2 aromatic heterocycles. The molecule has 0 spiro atoms. The van der Waals surface area contributed by atoms with Crippen molar-refractivity contribution in [1.82, 2.24) is 20.2 Å². The minimum absolute atomic E-state index is 0.155. The van der Waals surface area contributed by atoms with Crippen molar-refractivity contribution in [2.45, 2.75) is 25.5 Å². The van der Waals surface area contributed by atoms with E-state index in [1.165, 1.54) is 11.8 Å². The summed E-state index contributed by atoms with van der Waals surface area (Å²) in [6.45, 7) is 4.51. The molecule has 0 fully saturated rings. The first-order valence-electron chi connectivity index (χ1n) is 9.87. The lowest BCUT2D eigenvalue weighted by Gasteiger charge is -2.10. The van der Waals surface area contributed by atoms with E-state index in [0.29, 0.717) is 29.0 Å². The Morgan fingerprint density at radius 3 is 2.75 bits per heavy atom. The Morgan fingerprint density at radius 2 is 2.06 bits per heavy atom. The highest BCUT2D eigenvalue weighted by Crippen LogP contribution is 2.32. The van der Waals surface area contributed by atoms with Gasteiger partial charge in [0.1, 0.15) is 5.76 Å². The van der Waals surface area contributed by atoms with E-state index in [1.807, 2.05) is 48.8 Å². The largest absolute Gasteiger partial charge is 0.493 e. The van der Waals surface area contributed by atoms with Crippen LogP contribution in [-0.2, 0) is 11.3 Å². The van der Waals surface area contributed by atoms with Gasteiger partial charge >= 0.3 is 0 Å². The number of rotatable bonds is 10. The fraction of sp³-hybridized carbons (Fsp3) is 0.273. The van der Waals surface area contributed by atoms with Gasteiger partial charge in [0.25, 0.3) is 5.91 Å². The number of allylic oxidation sites excluding steroid dienone is 1. The molecule has 3 rings (SSSR count). The molecule has 0 aliphatic heterocycles. The first-order valence-corrected chi connectivity index (χ1v) is 10.9. The van der Waals surface area contributed by atoms with Crippen LogP contribution >= 0.6 is 11.8 Å². The summed E-state index contributed by atoms with van der Waals surface area (Å²) in [5.74, 6) is 2.57. The normalized spacial score (nSPS) is 11.7. The van der Waals surface area contributed by atoms with Crippen LogP contribution in [-0.4, -0.2) is 46.9 Å². The molecule has 0 bridgehead atoms. The molecule has 1 amide bonds. The van der Waals surface area contributed by atoms with Crippen molar-refractivity contribution in [3.63, 3.8) is 0 Å². The molecule has 168 valence electrons. The van der Waals surface area contributed by atoms with Gasteiger partial charge in [-0.15, -0.1) is 10.2 Å². The summed E-state index contributed by atoms with van der Waals surface area (Å²) < 4.78 is 17.9. The maximum absolute atomic E-state index is 12.2. The Morgan fingerprint density at radius 1 is 1.25 bits per heavy atom. The van der Waals surface area contributed by atoms with Crippen LogP contribution in [0.4, 0.5) is 0 Å². The summed E-state index contributed by atoms with van der Waals surface area (Å²) in [4.78, 5) is 12.2. The van der Waals surface area contributed by atoms with Crippen LogP contribution in [0.3, 0.4) is 0 Å². The highest BCUT2D eigenvalue weighted by Gasteiger charge is 2.16. The van der Waals surface area contributed by atoms with Crippen LogP contribution in [0.5, 0.6) is 11.5 Å². The van der Waals surface area contributed by atoms with E-state index in [9.17, 15) is 4.79 Å². The molecule has 1 N–H and O–H groups in total. The van der Waals surface area contributed by atoms with Gasteiger partial charge in [-0.3, -0.25) is 4.79 Å². The Kier molecular flexibility index (Phi) is 8.09. The molecule has 0 saturated carbocycles. The highest BCUT2D eigenvalue weighted by atomic mass is 32.2. The molecule has 10 heteroatoms. The van der Waals surface area contributed by atoms with Crippen molar-refractivity contribution in [2.24, 2.45) is 5.10 Å². The predicted octanol–water partition coefficient (Wildman–Crippen LogP) is 3.87. The van der Waals surface area contributed by atoms with Crippen LogP contribution in [0.2, 0.25) is 0 Å². The molecule has 9 nitrogen and oxygen atoms in total. The van der Waals surface area contributed by atoms with Gasteiger partial charge in [0.2, 0.25) is 0 Å². The Bertz CT molecular complexity index is 1110. The van der Waals surface area contributed by atoms with Crippen molar-refractivity contribution < 1.29 is 18.7 Å². The fourth-order valence-electron chi connectivity index (χ4n) is 2.87. The monoisotopic (exact) mass is 455 g/mol. The smallest absolute Gasteiger partial charge is 0.250 e. The maximum atomic E-state index is 12.2. The number of methoxy groups -OCH3 is 2. The second-order valence-electron chi connectivity index (χ2n) is 6.61. The van der Waals surface area contributed by atoms with Crippen molar-refractivity contribution in [1.29, 1.82) is 0 Å². The molecular formula is C22H25N5O4S. The molecule has 2 heterocycles. The number of thioether (sulfide) groups is 1. The lowest BCUT2D eigenvalue weighted by molar-refractivity contribution is -0.118. The number of hydrogen-bond acceptors (Lipinski definition) is 8. The number of ether oxygens (including phenoxy) is 2. The summed E-state index contributed by atoms with van der Waals surface area (Å²) in [6, 6.07) is 9.21. The topological polar surface area (TPSA) is 104 Å². The van der Waals surface area contributed by atoms with E-state index >= 15 is 0 Å². The molecule has 32 heavy (non-hydrogen) atoms. The second kappa shape index (κ2) is 11.2. The SMILES string of the molecule is CCn1c(SCC(=O)N/N=C/C(C)=C/c2ccco2)nnc1-c1ccc(OC)c(OC)c1. The molecule has 0 aliphatic carbocycles. The zero-order chi connectivity index (χ0) is 22.9.